The van der Waals surface area contributed by atoms with Crippen molar-refractivity contribution in [2.24, 2.45) is 0 Å². The van der Waals surface area contributed by atoms with Crippen molar-refractivity contribution < 1.29 is 27.4 Å². The molecule has 0 aromatic heterocycles. The molecule has 0 radical (unpaired) electrons. The zero-order chi connectivity index (χ0) is 15.6. The summed E-state index contributed by atoms with van der Waals surface area (Å²) in [5, 5.41) is 8.73. The van der Waals surface area contributed by atoms with E-state index in [1.54, 1.807) is 0 Å². The third-order valence-corrected chi connectivity index (χ3v) is 4.84. The van der Waals surface area contributed by atoms with Gasteiger partial charge >= 0.3 is 5.97 Å². The Labute approximate surface area is 122 Å². The molecule has 0 atom stereocenters. The molecule has 1 aromatic carbocycles. The maximum Gasteiger partial charge on any atom is 0.335 e. The van der Waals surface area contributed by atoms with E-state index in [-0.39, 0.29) is 17.7 Å². The molecule has 1 aliphatic rings. The number of carboxylic acids is 1. The van der Waals surface area contributed by atoms with Crippen LogP contribution >= 0.6 is 0 Å². The molecule has 1 aromatic rings. The Morgan fingerprint density at radius 1 is 1.48 bits per heavy atom. The Morgan fingerprint density at radius 2 is 2.14 bits per heavy atom. The lowest BCUT2D eigenvalue weighted by atomic mass is 9.90. The second-order valence-electron chi connectivity index (χ2n) is 4.82. The Hall–Kier alpha value is -1.51. The Kier molecular flexibility index (Phi) is 4.60. The highest BCUT2D eigenvalue weighted by atomic mass is 32.2. The molecule has 8 heteroatoms. The van der Waals surface area contributed by atoms with Crippen LogP contribution in [-0.2, 0) is 14.8 Å². The van der Waals surface area contributed by atoms with Gasteiger partial charge in [-0.05, 0) is 38.0 Å². The van der Waals surface area contributed by atoms with Crippen LogP contribution in [0.1, 0.15) is 30.1 Å². The van der Waals surface area contributed by atoms with Crippen molar-refractivity contribution in [2.75, 3.05) is 6.61 Å². The van der Waals surface area contributed by atoms with Crippen LogP contribution < -0.4 is 4.72 Å². The van der Waals surface area contributed by atoms with Gasteiger partial charge in [0.15, 0.2) is 0 Å². The van der Waals surface area contributed by atoms with Gasteiger partial charge in [-0.25, -0.2) is 22.3 Å². The Balaban J connectivity index is 2.08. The summed E-state index contributed by atoms with van der Waals surface area (Å²) in [7, 11) is -4.01. The predicted molar refractivity (Wildman–Crippen MR) is 72.1 cm³/mol. The fraction of sp³-hybridized carbons (Fsp3) is 0.462. The standard InChI is InChI=1S/C13H16FNO5S/c1-2-20-10-6-9(7-10)15-21(18,19)12-4-3-8(13(16)17)5-11(12)14/h3-5,9-10,15H,2,6-7H2,1H3,(H,16,17). The second kappa shape index (κ2) is 6.08. The molecule has 21 heavy (non-hydrogen) atoms. The highest BCUT2D eigenvalue weighted by Gasteiger charge is 2.34. The van der Waals surface area contributed by atoms with Crippen LogP contribution in [0.15, 0.2) is 23.1 Å². The number of rotatable bonds is 6. The second-order valence-corrected chi connectivity index (χ2v) is 6.50. The molecule has 2 N–H and O–H groups in total. The first kappa shape index (κ1) is 15.9. The molecular weight excluding hydrogens is 301 g/mol. The highest BCUT2D eigenvalue weighted by Crippen LogP contribution is 2.26. The van der Waals surface area contributed by atoms with Gasteiger partial charge in [-0.15, -0.1) is 0 Å². The van der Waals surface area contributed by atoms with E-state index in [2.05, 4.69) is 4.72 Å². The van der Waals surface area contributed by atoms with Gasteiger partial charge in [0.05, 0.1) is 11.7 Å². The lowest BCUT2D eigenvalue weighted by Gasteiger charge is -2.35. The molecule has 0 heterocycles. The van der Waals surface area contributed by atoms with Crippen LogP contribution in [-0.4, -0.2) is 38.2 Å². The zero-order valence-electron chi connectivity index (χ0n) is 11.4. The summed E-state index contributed by atoms with van der Waals surface area (Å²) < 4.78 is 45.6. The molecule has 0 spiro atoms. The molecule has 0 unspecified atom stereocenters. The molecular formula is C13H16FNO5S. The van der Waals surface area contributed by atoms with Gasteiger partial charge in [0.2, 0.25) is 10.0 Å². The number of carboxylic acid groups (broad SMARTS) is 1. The monoisotopic (exact) mass is 317 g/mol. The first-order valence-electron chi connectivity index (χ1n) is 6.50. The van der Waals surface area contributed by atoms with Gasteiger partial charge in [-0.2, -0.15) is 0 Å². The van der Waals surface area contributed by atoms with Gasteiger partial charge in [-0.3, -0.25) is 0 Å². The van der Waals surface area contributed by atoms with Crippen molar-refractivity contribution in [3.8, 4) is 0 Å². The van der Waals surface area contributed by atoms with Crippen molar-refractivity contribution in [3.63, 3.8) is 0 Å². The van der Waals surface area contributed by atoms with E-state index >= 15 is 0 Å². The van der Waals surface area contributed by atoms with Crippen LogP contribution in [0.3, 0.4) is 0 Å². The fourth-order valence-electron chi connectivity index (χ4n) is 2.17. The maximum atomic E-state index is 13.8. The summed E-state index contributed by atoms with van der Waals surface area (Å²) in [6.45, 7) is 2.42. The molecule has 0 saturated heterocycles. The third-order valence-electron chi connectivity index (χ3n) is 3.29. The zero-order valence-corrected chi connectivity index (χ0v) is 12.2. The average Bonchev–Trinajstić information content (AvgIpc) is 2.35. The van der Waals surface area contributed by atoms with E-state index in [4.69, 9.17) is 9.84 Å². The number of sulfonamides is 1. The van der Waals surface area contributed by atoms with Gasteiger partial charge in [0, 0.05) is 12.6 Å². The van der Waals surface area contributed by atoms with Gasteiger partial charge in [-0.1, -0.05) is 0 Å². The molecule has 0 bridgehead atoms. The van der Waals surface area contributed by atoms with E-state index in [1.165, 1.54) is 0 Å². The van der Waals surface area contributed by atoms with Crippen LogP contribution in [0.2, 0.25) is 0 Å². The van der Waals surface area contributed by atoms with Crippen molar-refractivity contribution >= 4 is 16.0 Å². The van der Waals surface area contributed by atoms with Gasteiger partial charge in [0.1, 0.15) is 10.7 Å². The number of halogens is 1. The number of ether oxygens (including phenoxy) is 1. The number of nitrogens with one attached hydrogen (secondary N) is 1. The number of aromatic carboxylic acids is 1. The molecule has 0 amide bonds. The highest BCUT2D eigenvalue weighted by molar-refractivity contribution is 7.89. The summed E-state index contributed by atoms with van der Waals surface area (Å²) in [5.74, 6) is -2.40. The first-order valence-corrected chi connectivity index (χ1v) is 7.98. The Bertz CT molecular complexity index is 640. The normalized spacial score (nSPS) is 21.8. The topological polar surface area (TPSA) is 92.7 Å². The number of hydrogen-bond acceptors (Lipinski definition) is 4. The smallest absolute Gasteiger partial charge is 0.335 e. The molecule has 1 aliphatic carbocycles. The predicted octanol–water partition coefficient (Wildman–Crippen LogP) is 1.37. The quantitative estimate of drug-likeness (QED) is 0.826. The summed E-state index contributed by atoms with van der Waals surface area (Å²) in [5.41, 5.74) is -0.300. The maximum absolute atomic E-state index is 13.8. The average molecular weight is 317 g/mol. The molecule has 1 fully saturated rings. The van der Waals surface area contributed by atoms with E-state index in [0.717, 1.165) is 12.1 Å². The Morgan fingerprint density at radius 3 is 2.67 bits per heavy atom. The fourth-order valence-corrected chi connectivity index (χ4v) is 3.49. The summed E-state index contributed by atoms with van der Waals surface area (Å²) in [6, 6.07) is 2.43. The van der Waals surface area contributed by atoms with Gasteiger partial charge < -0.3 is 9.84 Å². The van der Waals surface area contributed by atoms with Crippen LogP contribution in [0.4, 0.5) is 4.39 Å². The van der Waals surface area contributed by atoms with Crippen molar-refractivity contribution in [1.82, 2.24) is 4.72 Å². The van der Waals surface area contributed by atoms with E-state index < -0.39 is 26.7 Å². The number of benzene rings is 1. The number of hydrogen-bond donors (Lipinski definition) is 2. The molecule has 0 aliphatic heterocycles. The van der Waals surface area contributed by atoms with Crippen molar-refractivity contribution in [3.05, 3.63) is 29.6 Å². The van der Waals surface area contributed by atoms with Crippen LogP contribution in [0.25, 0.3) is 0 Å². The van der Waals surface area contributed by atoms with Crippen LogP contribution in [0.5, 0.6) is 0 Å². The molecule has 1 saturated carbocycles. The molecule has 2 rings (SSSR count). The van der Waals surface area contributed by atoms with E-state index in [9.17, 15) is 17.6 Å². The largest absolute Gasteiger partial charge is 0.478 e. The van der Waals surface area contributed by atoms with E-state index in [0.29, 0.717) is 25.5 Å². The van der Waals surface area contributed by atoms with Gasteiger partial charge in [0.25, 0.3) is 0 Å². The van der Waals surface area contributed by atoms with E-state index in [1.807, 2.05) is 6.92 Å². The minimum absolute atomic E-state index is 0.0296. The minimum Gasteiger partial charge on any atom is -0.478 e. The lowest BCUT2D eigenvalue weighted by Crippen LogP contribution is -2.47. The summed E-state index contributed by atoms with van der Waals surface area (Å²) >= 11 is 0. The summed E-state index contributed by atoms with van der Waals surface area (Å²) in [4.78, 5) is 10.2. The minimum atomic E-state index is -4.01. The van der Waals surface area contributed by atoms with Crippen molar-refractivity contribution in [2.45, 2.75) is 36.8 Å². The summed E-state index contributed by atoms with van der Waals surface area (Å²) in [6.07, 6.45) is 1.12. The molecule has 116 valence electrons. The first-order chi connectivity index (χ1) is 9.83. The van der Waals surface area contributed by atoms with Crippen molar-refractivity contribution in [1.29, 1.82) is 0 Å². The SMILES string of the molecule is CCOC1CC(NS(=O)(=O)c2ccc(C(=O)O)cc2F)C1. The lowest BCUT2D eigenvalue weighted by molar-refractivity contribution is -0.00477. The van der Waals surface area contributed by atoms with Crippen LogP contribution in [0, 0.1) is 5.82 Å². The third kappa shape index (κ3) is 3.58. The molecule has 6 nitrogen and oxygen atoms in total. The number of carbonyl (C=O) groups is 1.